The lowest BCUT2D eigenvalue weighted by atomic mass is 10.2. The van der Waals surface area contributed by atoms with Gasteiger partial charge in [-0.1, -0.05) is 36.4 Å². The second kappa shape index (κ2) is 6.86. The van der Waals surface area contributed by atoms with Crippen LogP contribution in [-0.4, -0.2) is 35.0 Å². The monoisotopic (exact) mass is 389 g/mol. The van der Waals surface area contributed by atoms with Crippen LogP contribution < -0.4 is 4.74 Å². The van der Waals surface area contributed by atoms with E-state index < -0.39 is 0 Å². The molecule has 0 bridgehead atoms. The van der Waals surface area contributed by atoms with E-state index >= 15 is 0 Å². The van der Waals surface area contributed by atoms with Gasteiger partial charge < -0.3 is 4.74 Å². The van der Waals surface area contributed by atoms with Gasteiger partial charge in [0.05, 0.1) is 5.56 Å². The lowest BCUT2D eigenvalue weighted by Crippen LogP contribution is -2.09. The molecule has 138 valence electrons. The number of hydrogen-bond donors (Lipinski definition) is 1. The molecule has 4 aromatic heterocycles. The Morgan fingerprint density at radius 3 is 2.75 bits per heavy atom. The molecule has 4 heterocycles. The highest BCUT2D eigenvalue weighted by Gasteiger charge is 2.20. The molecule has 0 saturated carbocycles. The number of nitrogens with zero attached hydrogens (tertiary/aromatic N) is 6. The molecule has 0 aliphatic heterocycles. The lowest BCUT2D eigenvalue weighted by Gasteiger charge is -2.14. The molecule has 0 saturated heterocycles. The van der Waals surface area contributed by atoms with Crippen LogP contribution in [0, 0.1) is 0 Å². The predicted octanol–water partition coefficient (Wildman–Crippen LogP) is 3.78. The van der Waals surface area contributed by atoms with Gasteiger partial charge in [-0.2, -0.15) is 9.61 Å². The minimum absolute atomic E-state index is 0.369. The molecule has 1 unspecified atom stereocenters. The SMILES string of the molecule is CC(Oc1nn2c(-c3ccccc3)nnc2cc1-c1cccs1)c1nc[nH]n1. The number of benzene rings is 1. The third kappa shape index (κ3) is 2.91. The van der Waals surface area contributed by atoms with E-state index in [9.17, 15) is 0 Å². The summed E-state index contributed by atoms with van der Waals surface area (Å²) in [6.07, 6.45) is 1.16. The number of ether oxygens (including phenoxy) is 1. The Kier molecular flexibility index (Phi) is 4.06. The number of H-pyrrole nitrogens is 1. The van der Waals surface area contributed by atoms with Crippen molar-refractivity contribution in [1.29, 1.82) is 0 Å². The van der Waals surface area contributed by atoms with Crippen molar-refractivity contribution in [3.63, 3.8) is 0 Å². The summed E-state index contributed by atoms with van der Waals surface area (Å²) in [5.41, 5.74) is 2.44. The molecular formula is C19H15N7OS. The number of thiophene rings is 1. The maximum atomic E-state index is 6.16. The average Bonchev–Trinajstić information content (AvgIpc) is 3.49. The summed E-state index contributed by atoms with van der Waals surface area (Å²) >= 11 is 1.61. The van der Waals surface area contributed by atoms with Crippen molar-refractivity contribution >= 4 is 17.0 Å². The second-order valence-electron chi connectivity index (χ2n) is 6.12. The van der Waals surface area contributed by atoms with Crippen molar-refractivity contribution in [2.45, 2.75) is 13.0 Å². The Labute approximate surface area is 163 Å². The zero-order valence-corrected chi connectivity index (χ0v) is 15.7. The number of fused-ring (bicyclic) bond motifs is 1. The number of hydrogen-bond acceptors (Lipinski definition) is 7. The van der Waals surface area contributed by atoms with Crippen molar-refractivity contribution in [2.75, 3.05) is 0 Å². The first-order valence-electron chi connectivity index (χ1n) is 8.67. The normalized spacial score (nSPS) is 12.3. The van der Waals surface area contributed by atoms with E-state index in [4.69, 9.17) is 9.84 Å². The molecule has 5 aromatic rings. The summed E-state index contributed by atoms with van der Waals surface area (Å²) in [7, 11) is 0. The van der Waals surface area contributed by atoms with Gasteiger partial charge in [0.2, 0.25) is 5.88 Å². The summed E-state index contributed by atoms with van der Waals surface area (Å²) in [6.45, 7) is 1.89. The zero-order valence-electron chi connectivity index (χ0n) is 14.9. The minimum Gasteiger partial charge on any atom is -0.465 e. The van der Waals surface area contributed by atoms with Crippen LogP contribution in [0.15, 0.2) is 60.2 Å². The van der Waals surface area contributed by atoms with Crippen LogP contribution >= 0.6 is 11.3 Å². The van der Waals surface area contributed by atoms with Crippen molar-refractivity contribution in [2.24, 2.45) is 0 Å². The highest BCUT2D eigenvalue weighted by molar-refractivity contribution is 7.13. The van der Waals surface area contributed by atoms with Crippen LogP contribution in [0.4, 0.5) is 0 Å². The van der Waals surface area contributed by atoms with Crippen LogP contribution in [0.5, 0.6) is 5.88 Å². The van der Waals surface area contributed by atoms with E-state index in [1.54, 1.807) is 15.9 Å². The van der Waals surface area contributed by atoms with E-state index in [1.165, 1.54) is 6.33 Å². The number of aromatic nitrogens is 7. The summed E-state index contributed by atoms with van der Waals surface area (Å²) in [6, 6.07) is 15.8. The van der Waals surface area contributed by atoms with Gasteiger partial charge in [0, 0.05) is 10.4 Å². The van der Waals surface area contributed by atoms with E-state index in [-0.39, 0.29) is 6.10 Å². The number of aromatic amines is 1. The van der Waals surface area contributed by atoms with Crippen molar-refractivity contribution in [3.8, 4) is 27.7 Å². The third-order valence-corrected chi connectivity index (χ3v) is 5.17. The summed E-state index contributed by atoms with van der Waals surface area (Å²) in [5, 5.41) is 22.2. The summed E-state index contributed by atoms with van der Waals surface area (Å²) in [4.78, 5) is 5.21. The molecule has 0 amide bonds. The Hall–Kier alpha value is -3.59. The fourth-order valence-electron chi connectivity index (χ4n) is 2.91. The van der Waals surface area contributed by atoms with E-state index in [1.807, 2.05) is 60.8 Å². The molecule has 0 aliphatic carbocycles. The Balaban J connectivity index is 1.65. The molecule has 28 heavy (non-hydrogen) atoms. The molecular weight excluding hydrogens is 374 g/mol. The van der Waals surface area contributed by atoms with Crippen LogP contribution in [0.25, 0.3) is 27.5 Å². The average molecular weight is 389 g/mol. The zero-order chi connectivity index (χ0) is 18.9. The molecule has 0 spiro atoms. The second-order valence-corrected chi connectivity index (χ2v) is 7.07. The molecule has 9 heteroatoms. The molecule has 8 nitrogen and oxygen atoms in total. The number of nitrogens with one attached hydrogen (secondary N) is 1. The van der Waals surface area contributed by atoms with E-state index in [0.29, 0.717) is 23.2 Å². The van der Waals surface area contributed by atoms with Crippen molar-refractivity contribution < 1.29 is 4.74 Å². The van der Waals surface area contributed by atoms with Gasteiger partial charge in [-0.15, -0.1) is 26.6 Å². The maximum absolute atomic E-state index is 6.16. The highest BCUT2D eigenvalue weighted by Crippen LogP contribution is 2.35. The first-order valence-corrected chi connectivity index (χ1v) is 9.55. The lowest BCUT2D eigenvalue weighted by molar-refractivity contribution is 0.206. The molecule has 5 rings (SSSR count). The highest BCUT2D eigenvalue weighted by atomic mass is 32.1. The van der Waals surface area contributed by atoms with Gasteiger partial charge in [0.25, 0.3) is 0 Å². The van der Waals surface area contributed by atoms with Crippen LogP contribution in [-0.2, 0) is 0 Å². The van der Waals surface area contributed by atoms with Gasteiger partial charge in [-0.3, -0.25) is 5.10 Å². The van der Waals surface area contributed by atoms with E-state index in [2.05, 4.69) is 25.4 Å². The molecule has 1 aromatic carbocycles. The molecule has 0 radical (unpaired) electrons. The van der Waals surface area contributed by atoms with Gasteiger partial charge in [0.1, 0.15) is 6.33 Å². The van der Waals surface area contributed by atoms with Gasteiger partial charge in [-0.25, -0.2) is 4.98 Å². The molecule has 1 N–H and O–H groups in total. The third-order valence-electron chi connectivity index (χ3n) is 4.26. The van der Waals surface area contributed by atoms with Crippen molar-refractivity contribution in [3.05, 3.63) is 66.1 Å². The first kappa shape index (κ1) is 16.6. The molecule has 1 atom stereocenters. The Morgan fingerprint density at radius 1 is 1.11 bits per heavy atom. The van der Waals surface area contributed by atoms with Gasteiger partial charge >= 0.3 is 0 Å². The Bertz CT molecular complexity index is 1200. The van der Waals surface area contributed by atoms with E-state index in [0.717, 1.165) is 16.0 Å². The fraction of sp³-hybridized carbons (Fsp3) is 0.105. The predicted molar refractivity (Wildman–Crippen MR) is 105 cm³/mol. The van der Waals surface area contributed by atoms with Gasteiger partial charge in [0.15, 0.2) is 23.4 Å². The first-order chi connectivity index (χ1) is 13.8. The maximum Gasteiger partial charge on any atom is 0.241 e. The van der Waals surface area contributed by atoms with Crippen LogP contribution in [0.3, 0.4) is 0 Å². The van der Waals surface area contributed by atoms with Crippen molar-refractivity contribution in [1.82, 2.24) is 35.0 Å². The fourth-order valence-corrected chi connectivity index (χ4v) is 3.65. The summed E-state index contributed by atoms with van der Waals surface area (Å²) < 4.78 is 7.86. The topological polar surface area (TPSA) is 93.9 Å². The standard InChI is InChI=1S/C19H15N7OS/c1-12(17-20-11-21-23-17)27-19-14(15-8-5-9-28-15)10-16-22-24-18(26(16)25-19)13-6-3-2-4-7-13/h2-12H,1H3,(H,20,21,23). The largest absolute Gasteiger partial charge is 0.465 e. The van der Waals surface area contributed by atoms with Crippen LogP contribution in [0.1, 0.15) is 18.9 Å². The van der Waals surface area contributed by atoms with Crippen LogP contribution in [0.2, 0.25) is 0 Å². The smallest absolute Gasteiger partial charge is 0.241 e. The molecule has 0 aliphatic rings. The number of rotatable bonds is 5. The summed E-state index contributed by atoms with van der Waals surface area (Å²) in [5.74, 6) is 1.69. The Morgan fingerprint density at radius 2 is 2.00 bits per heavy atom. The van der Waals surface area contributed by atoms with Gasteiger partial charge in [-0.05, 0) is 24.4 Å². The minimum atomic E-state index is -0.369. The molecule has 0 fully saturated rings. The quantitative estimate of drug-likeness (QED) is 0.492.